The lowest BCUT2D eigenvalue weighted by Gasteiger charge is -2.23. The first kappa shape index (κ1) is 16.5. The van der Waals surface area contributed by atoms with Crippen LogP contribution >= 0.6 is 27.3 Å². The van der Waals surface area contributed by atoms with E-state index in [9.17, 15) is 0 Å². The Kier molecular flexibility index (Phi) is 5.85. The molecule has 1 N–H and O–H groups in total. The Balaban J connectivity index is 2.50. The van der Waals surface area contributed by atoms with Crippen molar-refractivity contribution in [1.82, 2.24) is 5.32 Å². The van der Waals surface area contributed by atoms with Gasteiger partial charge in [-0.2, -0.15) is 0 Å². The van der Waals surface area contributed by atoms with Crippen LogP contribution in [0.2, 0.25) is 0 Å². The molecule has 1 atom stereocenters. The van der Waals surface area contributed by atoms with Gasteiger partial charge < -0.3 is 10.1 Å². The lowest BCUT2D eigenvalue weighted by Crippen LogP contribution is -2.23. The summed E-state index contributed by atoms with van der Waals surface area (Å²) in [7, 11) is 1.75. The predicted octanol–water partition coefficient (Wildman–Crippen LogP) is 5.23. The third kappa shape index (κ3) is 3.87. The maximum absolute atomic E-state index is 5.65. The summed E-state index contributed by atoms with van der Waals surface area (Å²) in [5, 5.41) is 3.66. The Morgan fingerprint density at radius 2 is 2.05 bits per heavy atom. The largest absolute Gasteiger partial charge is 0.496 e. The molecule has 114 valence electrons. The van der Waals surface area contributed by atoms with E-state index >= 15 is 0 Å². The second kappa shape index (κ2) is 7.43. The lowest BCUT2D eigenvalue weighted by atomic mass is 9.96. The van der Waals surface area contributed by atoms with Crippen molar-refractivity contribution in [2.24, 2.45) is 0 Å². The van der Waals surface area contributed by atoms with Crippen LogP contribution in [0.25, 0.3) is 0 Å². The second-order valence-electron chi connectivity index (χ2n) is 5.23. The number of benzene rings is 1. The fourth-order valence-electron chi connectivity index (χ4n) is 2.60. The number of hydrogen-bond donors (Lipinski definition) is 1. The monoisotopic (exact) mass is 367 g/mol. The van der Waals surface area contributed by atoms with Crippen molar-refractivity contribution >= 4 is 27.3 Å². The van der Waals surface area contributed by atoms with Crippen molar-refractivity contribution in [2.75, 3.05) is 13.7 Å². The molecule has 0 radical (unpaired) electrons. The Bertz CT molecular complexity index is 609. The van der Waals surface area contributed by atoms with Crippen LogP contribution < -0.4 is 10.1 Å². The third-order valence-corrected chi connectivity index (χ3v) is 5.17. The molecule has 0 saturated heterocycles. The summed E-state index contributed by atoms with van der Waals surface area (Å²) in [6.45, 7) is 7.44. The molecule has 2 nitrogen and oxygen atoms in total. The summed E-state index contributed by atoms with van der Waals surface area (Å²) in [5.74, 6) is 0.964. The minimum Gasteiger partial charge on any atom is -0.496 e. The van der Waals surface area contributed by atoms with Crippen LogP contribution in [0.3, 0.4) is 0 Å². The fourth-order valence-corrected chi connectivity index (χ4v) is 4.10. The number of hydrogen-bond acceptors (Lipinski definition) is 3. The van der Waals surface area contributed by atoms with Gasteiger partial charge in [-0.1, -0.05) is 13.0 Å². The molecule has 0 aliphatic heterocycles. The third-order valence-electron chi connectivity index (χ3n) is 3.48. The van der Waals surface area contributed by atoms with E-state index in [0.29, 0.717) is 0 Å². The van der Waals surface area contributed by atoms with E-state index in [4.69, 9.17) is 4.74 Å². The molecule has 1 aromatic heterocycles. The Labute approximate surface area is 139 Å². The van der Waals surface area contributed by atoms with Crippen molar-refractivity contribution in [2.45, 2.75) is 33.2 Å². The van der Waals surface area contributed by atoms with Crippen LogP contribution in [0.5, 0.6) is 5.75 Å². The highest BCUT2D eigenvalue weighted by Crippen LogP contribution is 2.37. The van der Waals surface area contributed by atoms with Crippen LogP contribution in [0.15, 0.2) is 28.1 Å². The second-order valence-corrected chi connectivity index (χ2v) is 7.72. The number of thiophene rings is 1. The zero-order chi connectivity index (χ0) is 15.4. The number of ether oxygens (including phenoxy) is 1. The van der Waals surface area contributed by atoms with Crippen LogP contribution in [-0.4, -0.2) is 13.7 Å². The van der Waals surface area contributed by atoms with E-state index < -0.39 is 0 Å². The van der Waals surface area contributed by atoms with Crippen LogP contribution in [0, 0.1) is 13.8 Å². The van der Waals surface area contributed by atoms with E-state index in [0.717, 1.165) is 22.5 Å². The van der Waals surface area contributed by atoms with E-state index in [2.05, 4.69) is 66.3 Å². The zero-order valence-corrected chi connectivity index (χ0v) is 15.4. The summed E-state index contributed by atoms with van der Waals surface area (Å²) >= 11 is 5.34. The molecular weight excluding hydrogens is 346 g/mol. The van der Waals surface area contributed by atoms with Crippen LogP contribution in [0.4, 0.5) is 0 Å². The maximum atomic E-state index is 5.65. The molecular formula is C17H22BrNOS. The minimum absolute atomic E-state index is 0.178. The number of halogens is 1. The zero-order valence-electron chi connectivity index (χ0n) is 13.0. The van der Waals surface area contributed by atoms with Gasteiger partial charge in [0.25, 0.3) is 0 Å². The molecule has 0 bridgehead atoms. The summed E-state index contributed by atoms with van der Waals surface area (Å²) in [5.41, 5.74) is 3.74. The molecule has 0 saturated carbocycles. The highest BCUT2D eigenvalue weighted by atomic mass is 79.9. The van der Waals surface area contributed by atoms with E-state index in [1.165, 1.54) is 21.6 Å². The molecule has 0 aliphatic carbocycles. The van der Waals surface area contributed by atoms with E-state index in [-0.39, 0.29) is 6.04 Å². The molecule has 21 heavy (non-hydrogen) atoms. The molecule has 2 aromatic rings. The van der Waals surface area contributed by atoms with Gasteiger partial charge in [0.05, 0.1) is 16.9 Å². The fraction of sp³-hybridized carbons (Fsp3) is 0.412. The van der Waals surface area contributed by atoms with Crippen molar-refractivity contribution < 1.29 is 4.74 Å². The first-order valence-corrected chi connectivity index (χ1v) is 8.81. The van der Waals surface area contributed by atoms with Crippen LogP contribution in [0.1, 0.15) is 41.0 Å². The number of aryl methyl sites for hydroxylation is 2. The van der Waals surface area contributed by atoms with Crippen molar-refractivity contribution in [3.63, 3.8) is 0 Å². The molecule has 1 unspecified atom stereocenters. The Morgan fingerprint density at radius 1 is 1.29 bits per heavy atom. The summed E-state index contributed by atoms with van der Waals surface area (Å²) in [4.78, 5) is 1.31. The molecule has 0 spiro atoms. The average Bonchev–Trinajstić information content (AvgIpc) is 2.87. The smallest absolute Gasteiger partial charge is 0.124 e. The average molecular weight is 368 g/mol. The molecule has 1 aromatic carbocycles. The molecule has 4 heteroatoms. The Morgan fingerprint density at radius 3 is 2.62 bits per heavy atom. The molecule has 0 fully saturated rings. The number of methoxy groups -OCH3 is 1. The maximum Gasteiger partial charge on any atom is 0.124 e. The normalized spacial score (nSPS) is 12.4. The van der Waals surface area contributed by atoms with Gasteiger partial charge >= 0.3 is 0 Å². The standard InChI is InChI=1S/C17H22BrNOS/c1-5-8-19-17(14-6-7-15(18)21-14)16-12(3)9-11(2)10-13(16)20-4/h6-7,9-10,17,19H,5,8H2,1-4H3. The molecule has 0 amide bonds. The number of nitrogens with one attached hydrogen (secondary N) is 1. The first-order chi connectivity index (χ1) is 10.1. The first-order valence-electron chi connectivity index (χ1n) is 7.20. The summed E-state index contributed by atoms with van der Waals surface area (Å²) in [6, 6.07) is 8.81. The van der Waals surface area contributed by atoms with E-state index in [1.807, 2.05) is 0 Å². The molecule has 1 heterocycles. The number of rotatable bonds is 6. The predicted molar refractivity (Wildman–Crippen MR) is 94.6 cm³/mol. The van der Waals surface area contributed by atoms with Gasteiger partial charge in [-0.05, 0) is 72.1 Å². The highest BCUT2D eigenvalue weighted by molar-refractivity contribution is 9.11. The quantitative estimate of drug-likeness (QED) is 0.754. The van der Waals surface area contributed by atoms with Gasteiger partial charge in [0.2, 0.25) is 0 Å². The molecule has 2 rings (SSSR count). The Hall–Kier alpha value is -0.840. The van der Waals surface area contributed by atoms with Gasteiger partial charge in [0, 0.05) is 10.4 Å². The SMILES string of the molecule is CCCNC(c1ccc(Br)s1)c1c(C)cc(C)cc1OC. The van der Waals surface area contributed by atoms with Crippen LogP contribution in [-0.2, 0) is 0 Å². The topological polar surface area (TPSA) is 21.3 Å². The van der Waals surface area contributed by atoms with Gasteiger partial charge in [-0.25, -0.2) is 0 Å². The highest BCUT2D eigenvalue weighted by Gasteiger charge is 2.21. The van der Waals surface area contributed by atoms with Gasteiger partial charge in [0.1, 0.15) is 5.75 Å². The van der Waals surface area contributed by atoms with Gasteiger partial charge in [-0.3, -0.25) is 0 Å². The lowest BCUT2D eigenvalue weighted by molar-refractivity contribution is 0.403. The van der Waals surface area contributed by atoms with Crippen molar-refractivity contribution in [3.8, 4) is 5.75 Å². The minimum atomic E-state index is 0.178. The van der Waals surface area contributed by atoms with Gasteiger partial charge in [-0.15, -0.1) is 11.3 Å². The van der Waals surface area contributed by atoms with Gasteiger partial charge in [0.15, 0.2) is 0 Å². The summed E-state index contributed by atoms with van der Waals surface area (Å²) in [6.07, 6.45) is 1.11. The van der Waals surface area contributed by atoms with Crippen molar-refractivity contribution in [1.29, 1.82) is 0 Å². The molecule has 0 aliphatic rings. The van der Waals surface area contributed by atoms with Crippen molar-refractivity contribution in [3.05, 3.63) is 49.6 Å². The summed E-state index contributed by atoms with van der Waals surface area (Å²) < 4.78 is 6.81. The van der Waals surface area contributed by atoms with E-state index in [1.54, 1.807) is 18.4 Å².